The van der Waals surface area contributed by atoms with Crippen molar-refractivity contribution in [2.75, 3.05) is 33.4 Å². The molecule has 0 bridgehead atoms. The number of carbonyl (C=O) groups is 1. The molecule has 1 aromatic heterocycles. The summed E-state index contributed by atoms with van der Waals surface area (Å²) < 4.78 is 6.84. The maximum atomic E-state index is 13.1. The smallest absolute Gasteiger partial charge is 0.256 e. The van der Waals surface area contributed by atoms with Crippen molar-refractivity contribution in [3.8, 4) is 5.69 Å². The Balaban J connectivity index is 1.79. The van der Waals surface area contributed by atoms with Crippen LogP contribution in [0, 0.1) is 0 Å². The molecule has 1 aliphatic heterocycles. The zero-order chi connectivity index (χ0) is 17.8. The molecule has 134 valence electrons. The van der Waals surface area contributed by atoms with E-state index in [1.54, 1.807) is 24.2 Å². The van der Waals surface area contributed by atoms with Crippen LogP contribution in [0.5, 0.6) is 0 Å². The fourth-order valence-electron chi connectivity index (χ4n) is 3.52. The van der Waals surface area contributed by atoms with Gasteiger partial charge in [0.15, 0.2) is 0 Å². The summed E-state index contributed by atoms with van der Waals surface area (Å²) in [5, 5.41) is 7.87. The van der Waals surface area contributed by atoms with Gasteiger partial charge in [0.05, 0.1) is 30.3 Å². The molecular formula is C18H25N5O2. The standard InChI is InChI=1S/C18H25N5O2/c1-14-12-21(13-15(2)22(14)10-11-25-3)18(24)16-6-4-5-7-17(16)23-9-8-19-20-23/h4-9,14-15H,10-13H2,1-3H3/t14-,15-/m1/s1. The molecule has 1 fully saturated rings. The number of benzene rings is 1. The van der Waals surface area contributed by atoms with Gasteiger partial charge in [-0.1, -0.05) is 17.3 Å². The molecule has 1 aromatic carbocycles. The predicted molar refractivity (Wildman–Crippen MR) is 94.8 cm³/mol. The summed E-state index contributed by atoms with van der Waals surface area (Å²) in [6, 6.07) is 8.12. The van der Waals surface area contributed by atoms with E-state index in [1.165, 1.54) is 0 Å². The Morgan fingerprint density at radius 3 is 2.60 bits per heavy atom. The highest BCUT2D eigenvalue weighted by Gasteiger charge is 2.32. The van der Waals surface area contributed by atoms with Crippen LogP contribution in [0.1, 0.15) is 24.2 Å². The van der Waals surface area contributed by atoms with Crippen LogP contribution in [-0.2, 0) is 4.74 Å². The molecule has 3 rings (SSSR count). The highest BCUT2D eigenvalue weighted by atomic mass is 16.5. The lowest BCUT2D eigenvalue weighted by molar-refractivity contribution is 0.0193. The van der Waals surface area contributed by atoms with Crippen LogP contribution in [-0.4, -0.2) is 76.1 Å². The van der Waals surface area contributed by atoms with Gasteiger partial charge in [0.2, 0.25) is 0 Å². The molecule has 1 saturated heterocycles. The van der Waals surface area contributed by atoms with Gasteiger partial charge in [-0.25, -0.2) is 4.68 Å². The third kappa shape index (κ3) is 3.72. The van der Waals surface area contributed by atoms with E-state index in [-0.39, 0.29) is 5.91 Å². The first-order valence-electron chi connectivity index (χ1n) is 8.61. The van der Waals surface area contributed by atoms with Gasteiger partial charge >= 0.3 is 0 Å². The minimum atomic E-state index is 0.0381. The predicted octanol–water partition coefficient (Wildman–Crippen LogP) is 1.45. The second-order valence-corrected chi connectivity index (χ2v) is 6.50. The quantitative estimate of drug-likeness (QED) is 0.822. The number of rotatable bonds is 5. The zero-order valence-electron chi connectivity index (χ0n) is 15.0. The normalized spacial score (nSPS) is 21.5. The van der Waals surface area contributed by atoms with Gasteiger partial charge in [0, 0.05) is 38.8 Å². The van der Waals surface area contributed by atoms with Crippen LogP contribution in [0.25, 0.3) is 5.69 Å². The van der Waals surface area contributed by atoms with Gasteiger partial charge in [0.1, 0.15) is 0 Å². The Bertz CT molecular complexity index is 691. The van der Waals surface area contributed by atoms with Crippen molar-refractivity contribution in [3.63, 3.8) is 0 Å². The molecule has 25 heavy (non-hydrogen) atoms. The molecular weight excluding hydrogens is 318 g/mol. The molecule has 2 aromatic rings. The molecule has 1 aliphatic rings. The number of hydrogen-bond donors (Lipinski definition) is 0. The number of carbonyl (C=O) groups excluding carboxylic acids is 1. The minimum Gasteiger partial charge on any atom is -0.383 e. The molecule has 0 unspecified atom stereocenters. The first-order valence-corrected chi connectivity index (χ1v) is 8.61. The fourth-order valence-corrected chi connectivity index (χ4v) is 3.52. The number of para-hydroxylation sites is 1. The summed E-state index contributed by atoms with van der Waals surface area (Å²) in [5.41, 5.74) is 1.41. The van der Waals surface area contributed by atoms with Crippen molar-refractivity contribution >= 4 is 5.91 Å². The van der Waals surface area contributed by atoms with E-state index in [0.29, 0.717) is 37.3 Å². The van der Waals surface area contributed by atoms with Crippen molar-refractivity contribution in [2.45, 2.75) is 25.9 Å². The van der Waals surface area contributed by atoms with Crippen LogP contribution in [0.3, 0.4) is 0 Å². The SMILES string of the molecule is COCCN1[C@H](C)CN(C(=O)c2ccccc2-n2ccnn2)C[C@H]1C. The van der Waals surface area contributed by atoms with Crippen molar-refractivity contribution in [3.05, 3.63) is 42.2 Å². The van der Waals surface area contributed by atoms with Gasteiger partial charge in [0.25, 0.3) is 5.91 Å². The van der Waals surface area contributed by atoms with E-state index < -0.39 is 0 Å². The molecule has 0 radical (unpaired) electrons. The Morgan fingerprint density at radius 2 is 1.96 bits per heavy atom. The number of hydrogen-bond acceptors (Lipinski definition) is 5. The zero-order valence-corrected chi connectivity index (χ0v) is 15.0. The summed E-state index contributed by atoms with van der Waals surface area (Å²) in [5.74, 6) is 0.0381. The summed E-state index contributed by atoms with van der Waals surface area (Å²) in [6.07, 6.45) is 3.36. The Labute approximate surface area is 148 Å². The van der Waals surface area contributed by atoms with Crippen molar-refractivity contribution in [2.24, 2.45) is 0 Å². The van der Waals surface area contributed by atoms with E-state index in [4.69, 9.17) is 4.74 Å². The maximum absolute atomic E-state index is 13.1. The number of methoxy groups -OCH3 is 1. The average molecular weight is 343 g/mol. The third-order valence-electron chi connectivity index (χ3n) is 4.75. The number of amides is 1. The highest BCUT2D eigenvalue weighted by Crippen LogP contribution is 2.21. The molecule has 0 spiro atoms. The molecule has 2 heterocycles. The molecule has 0 saturated carbocycles. The highest BCUT2D eigenvalue weighted by molar-refractivity contribution is 5.97. The number of nitrogens with zero attached hydrogens (tertiary/aromatic N) is 5. The number of aromatic nitrogens is 3. The summed E-state index contributed by atoms with van der Waals surface area (Å²) in [7, 11) is 1.72. The first kappa shape index (κ1) is 17.6. The molecule has 2 atom stereocenters. The second-order valence-electron chi connectivity index (χ2n) is 6.50. The average Bonchev–Trinajstić information content (AvgIpc) is 3.15. The third-order valence-corrected chi connectivity index (χ3v) is 4.75. The van der Waals surface area contributed by atoms with Crippen molar-refractivity contribution < 1.29 is 9.53 Å². The molecule has 0 aliphatic carbocycles. The number of ether oxygens (including phenoxy) is 1. The van der Waals surface area contributed by atoms with Crippen LogP contribution in [0.2, 0.25) is 0 Å². The van der Waals surface area contributed by atoms with Gasteiger partial charge < -0.3 is 9.64 Å². The lowest BCUT2D eigenvalue weighted by Crippen LogP contribution is -2.58. The van der Waals surface area contributed by atoms with Crippen LogP contribution in [0.15, 0.2) is 36.7 Å². The largest absolute Gasteiger partial charge is 0.383 e. The van der Waals surface area contributed by atoms with Crippen LogP contribution < -0.4 is 0 Å². The summed E-state index contributed by atoms with van der Waals surface area (Å²) in [6.45, 7) is 7.33. The van der Waals surface area contributed by atoms with Crippen molar-refractivity contribution in [1.29, 1.82) is 0 Å². The van der Waals surface area contributed by atoms with Gasteiger partial charge in [-0.2, -0.15) is 0 Å². The van der Waals surface area contributed by atoms with E-state index >= 15 is 0 Å². The van der Waals surface area contributed by atoms with E-state index in [2.05, 4.69) is 29.1 Å². The van der Waals surface area contributed by atoms with Crippen molar-refractivity contribution in [1.82, 2.24) is 24.8 Å². The Kier molecular flexibility index (Phi) is 5.45. The Hall–Kier alpha value is -2.25. The lowest BCUT2D eigenvalue weighted by atomic mass is 10.1. The van der Waals surface area contributed by atoms with E-state index in [9.17, 15) is 4.79 Å². The van der Waals surface area contributed by atoms with Gasteiger partial charge in [-0.3, -0.25) is 9.69 Å². The second kappa shape index (κ2) is 7.76. The molecule has 1 amide bonds. The van der Waals surface area contributed by atoms with Gasteiger partial charge in [-0.15, -0.1) is 5.10 Å². The van der Waals surface area contributed by atoms with Crippen LogP contribution >= 0.6 is 0 Å². The minimum absolute atomic E-state index is 0.0381. The van der Waals surface area contributed by atoms with E-state index in [0.717, 1.165) is 12.2 Å². The van der Waals surface area contributed by atoms with Crippen LogP contribution in [0.4, 0.5) is 0 Å². The topological polar surface area (TPSA) is 63.5 Å². The maximum Gasteiger partial charge on any atom is 0.256 e. The molecule has 0 N–H and O–H groups in total. The summed E-state index contributed by atoms with van der Waals surface area (Å²) >= 11 is 0. The Morgan fingerprint density at radius 1 is 1.24 bits per heavy atom. The lowest BCUT2D eigenvalue weighted by Gasteiger charge is -2.44. The number of piperazine rings is 1. The van der Waals surface area contributed by atoms with Gasteiger partial charge in [-0.05, 0) is 26.0 Å². The first-order chi connectivity index (χ1) is 12.1. The fraction of sp³-hybridized carbons (Fsp3) is 0.500. The molecule has 7 nitrogen and oxygen atoms in total. The molecule has 7 heteroatoms. The summed E-state index contributed by atoms with van der Waals surface area (Å²) in [4.78, 5) is 17.5. The van der Waals surface area contributed by atoms with E-state index in [1.807, 2.05) is 29.2 Å². The monoisotopic (exact) mass is 343 g/mol.